The van der Waals surface area contributed by atoms with Crippen molar-refractivity contribution in [3.05, 3.63) is 0 Å². The minimum absolute atomic E-state index is 0.212. The molecule has 0 aliphatic heterocycles. The lowest BCUT2D eigenvalue weighted by molar-refractivity contribution is 0.143. The Morgan fingerprint density at radius 3 is 1.74 bits per heavy atom. The molecule has 0 aromatic carbocycles. The highest BCUT2D eigenvalue weighted by Gasteiger charge is 1.93. The van der Waals surface area contributed by atoms with Crippen LogP contribution in [0.2, 0.25) is 0 Å². The molecule has 0 aliphatic rings. The van der Waals surface area contributed by atoms with Crippen molar-refractivity contribution in [2.45, 2.75) is 71.1 Å². The van der Waals surface area contributed by atoms with Gasteiger partial charge < -0.3 is 16.2 Å². The van der Waals surface area contributed by atoms with E-state index in [0.717, 1.165) is 26.2 Å². The van der Waals surface area contributed by atoms with Gasteiger partial charge in [0.05, 0.1) is 0 Å². The highest BCUT2D eigenvalue weighted by atomic mass is 16.5. The van der Waals surface area contributed by atoms with Gasteiger partial charge >= 0.3 is 0 Å². The summed E-state index contributed by atoms with van der Waals surface area (Å²) in [6.07, 6.45) is 13.0. The molecular formula is C15H33N3O. The van der Waals surface area contributed by atoms with E-state index in [-0.39, 0.29) is 5.96 Å². The van der Waals surface area contributed by atoms with Gasteiger partial charge in [-0.25, -0.2) is 0 Å². The molecule has 19 heavy (non-hydrogen) atoms. The molecule has 0 saturated heterocycles. The molecule has 0 amide bonds. The van der Waals surface area contributed by atoms with Crippen molar-refractivity contribution >= 4 is 5.96 Å². The minimum atomic E-state index is 0.212. The van der Waals surface area contributed by atoms with Crippen LogP contribution in [-0.2, 0) is 4.74 Å². The number of hydrogen-bond donors (Lipinski definition) is 2. The van der Waals surface area contributed by atoms with Crippen LogP contribution in [0.25, 0.3) is 0 Å². The minimum Gasteiger partial charge on any atom is -0.382 e. The van der Waals surface area contributed by atoms with E-state index in [1.54, 1.807) is 0 Å². The quantitative estimate of drug-likeness (QED) is 0.289. The second-order valence-corrected chi connectivity index (χ2v) is 5.04. The molecule has 0 spiro atoms. The largest absolute Gasteiger partial charge is 0.382 e. The van der Waals surface area contributed by atoms with Crippen LogP contribution in [0, 0.1) is 0 Å². The summed E-state index contributed by atoms with van der Waals surface area (Å²) in [6.45, 7) is 4.62. The monoisotopic (exact) mass is 271 g/mol. The van der Waals surface area contributed by atoms with Crippen molar-refractivity contribution in [1.29, 1.82) is 0 Å². The van der Waals surface area contributed by atoms with Crippen LogP contribution in [0.15, 0.2) is 4.99 Å². The number of nitrogens with two attached hydrogens (primary N) is 2. The lowest BCUT2D eigenvalue weighted by atomic mass is 10.1. The Kier molecular flexibility index (Phi) is 14.7. The number of ether oxygens (including phenoxy) is 1. The second kappa shape index (κ2) is 15.3. The summed E-state index contributed by atoms with van der Waals surface area (Å²) in [5.74, 6) is 0.212. The summed E-state index contributed by atoms with van der Waals surface area (Å²) in [7, 11) is 0. The standard InChI is InChI=1S/C15H33N3O/c1-2-19-14-12-10-8-6-4-3-5-7-9-11-13-18-15(16)17/h2-14H2,1H3,(H4,16,17,18). The Labute approximate surface area is 119 Å². The fourth-order valence-corrected chi connectivity index (χ4v) is 2.08. The number of guanidine groups is 1. The average Bonchev–Trinajstić information content (AvgIpc) is 2.39. The molecule has 0 heterocycles. The van der Waals surface area contributed by atoms with E-state index in [4.69, 9.17) is 16.2 Å². The maximum atomic E-state index is 5.32. The summed E-state index contributed by atoms with van der Waals surface area (Å²) in [5.41, 5.74) is 10.5. The molecule has 0 aromatic heterocycles. The fraction of sp³-hybridized carbons (Fsp3) is 0.933. The Morgan fingerprint density at radius 1 is 0.789 bits per heavy atom. The number of nitrogens with zero attached hydrogens (tertiary/aromatic N) is 1. The SMILES string of the molecule is CCOCCCCCCCCCCCCN=C(N)N. The molecule has 0 bridgehead atoms. The van der Waals surface area contributed by atoms with E-state index in [1.807, 2.05) is 0 Å². The summed E-state index contributed by atoms with van der Waals surface area (Å²) in [4.78, 5) is 3.98. The Balaban J connectivity index is 2.97. The van der Waals surface area contributed by atoms with Crippen LogP contribution in [0.4, 0.5) is 0 Å². The van der Waals surface area contributed by atoms with Crippen molar-refractivity contribution in [1.82, 2.24) is 0 Å². The van der Waals surface area contributed by atoms with E-state index in [1.165, 1.54) is 57.8 Å². The van der Waals surface area contributed by atoms with E-state index >= 15 is 0 Å². The van der Waals surface area contributed by atoms with Gasteiger partial charge in [-0.3, -0.25) is 4.99 Å². The Hall–Kier alpha value is -0.770. The van der Waals surface area contributed by atoms with Crippen molar-refractivity contribution in [3.8, 4) is 0 Å². The summed E-state index contributed by atoms with van der Waals surface area (Å²) in [6, 6.07) is 0. The first-order chi connectivity index (χ1) is 9.27. The summed E-state index contributed by atoms with van der Waals surface area (Å²) >= 11 is 0. The Morgan fingerprint density at radius 2 is 1.26 bits per heavy atom. The average molecular weight is 271 g/mol. The zero-order chi connectivity index (χ0) is 14.2. The van der Waals surface area contributed by atoms with Gasteiger partial charge in [0.25, 0.3) is 0 Å². The maximum Gasteiger partial charge on any atom is 0.185 e. The molecule has 4 N–H and O–H groups in total. The third kappa shape index (κ3) is 17.2. The first-order valence-corrected chi connectivity index (χ1v) is 7.90. The summed E-state index contributed by atoms with van der Waals surface area (Å²) in [5, 5.41) is 0. The van der Waals surface area contributed by atoms with Crippen LogP contribution in [0.1, 0.15) is 71.1 Å². The van der Waals surface area contributed by atoms with Crippen LogP contribution < -0.4 is 11.5 Å². The molecule has 0 fully saturated rings. The van der Waals surface area contributed by atoms with E-state index in [2.05, 4.69) is 11.9 Å². The second-order valence-electron chi connectivity index (χ2n) is 5.04. The highest BCUT2D eigenvalue weighted by molar-refractivity contribution is 5.75. The Bertz CT molecular complexity index is 204. The number of aliphatic imine (C=N–C) groups is 1. The molecule has 0 atom stereocenters. The zero-order valence-electron chi connectivity index (χ0n) is 12.7. The first-order valence-electron chi connectivity index (χ1n) is 7.90. The van der Waals surface area contributed by atoms with E-state index < -0.39 is 0 Å². The molecule has 0 saturated carbocycles. The van der Waals surface area contributed by atoms with Gasteiger partial charge in [0.1, 0.15) is 0 Å². The fourth-order valence-electron chi connectivity index (χ4n) is 2.08. The van der Waals surface area contributed by atoms with Gasteiger partial charge in [-0.2, -0.15) is 0 Å². The lowest BCUT2D eigenvalue weighted by Gasteiger charge is -2.03. The molecular weight excluding hydrogens is 238 g/mol. The first kappa shape index (κ1) is 18.2. The van der Waals surface area contributed by atoms with Gasteiger partial charge in [0, 0.05) is 19.8 Å². The molecule has 0 unspecified atom stereocenters. The number of unbranched alkanes of at least 4 members (excludes halogenated alkanes) is 9. The van der Waals surface area contributed by atoms with Gasteiger partial charge in [0.2, 0.25) is 0 Å². The predicted molar refractivity (Wildman–Crippen MR) is 83.3 cm³/mol. The van der Waals surface area contributed by atoms with Crippen molar-refractivity contribution < 1.29 is 4.74 Å². The molecule has 4 heteroatoms. The van der Waals surface area contributed by atoms with Crippen LogP contribution in [-0.4, -0.2) is 25.7 Å². The number of hydrogen-bond acceptors (Lipinski definition) is 2. The molecule has 0 aromatic rings. The van der Waals surface area contributed by atoms with Crippen molar-refractivity contribution in [2.75, 3.05) is 19.8 Å². The van der Waals surface area contributed by atoms with E-state index in [0.29, 0.717) is 0 Å². The molecule has 114 valence electrons. The molecule has 0 aliphatic carbocycles. The molecule has 0 radical (unpaired) electrons. The smallest absolute Gasteiger partial charge is 0.185 e. The topological polar surface area (TPSA) is 73.6 Å². The van der Waals surface area contributed by atoms with Crippen molar-refractivity contribution in [2.24, 2.45) is 16.5 Å². The molecule has 0 rings (SSSR count). The van der Waals surface area contributed by atoms with Crippen LogP contribution in [0.3, 0.4) is 0 Å². The normalized spacial score (nSPS) is 10.6. The number of rotatable bonds is 14. The van der Waals surface area contributed by atoms with Gasteiger partial charge in [-0.15, -0.1) is 0 Å². The predicted octanol–water partition coefficient (Wildman–Crippen LogP) is 3.20. The summed E-state index contributed by atoms with van der Waals surface area (Å²) < 4.78 is 5.32. The van der Waals surface area contributed by atoms with Crippen LogP contribution >= 0.6 is 0 Å². The van der Waals surface area contributed by atoms with Gasteiger partial charge in [0.15, 0.2) is 5.96 Å². The van der Waals surface area contributed by atoms with Crippen molar-refractivity contribution in [3.63, 3.8) is 0 Å². The van der Waals surface area contributed by atoms with E-state index in [9.17, 15) is 0 Å². The highest BCUT2D eigenvalue weighted by Crippen LogP contribution is 2.10. The third-order valence-corrected chi connectivity index (χ3v) is 3.20. The van der Waals surface area contributed by atoms with Crippen LogP contribution in [0.5, 0.6) is 0 Å². The van der Waals surface area contributed by atoms with Gasteiger partial charge in [-0.1, -0.05) is 51.4 Å². The molecule has 4 nitrogen and oxygen atoms in total. The zero-order valence-corrected chi connectivity index (χ0v) is 12.7. The third-order valence-electron chi connectivity index (χ3n) is 3.20. The lowest BCUT2D eigenvalue weighted by Crippen LogP contribution is -2.22. The maximum absolute atomic E-state index is 5.32. The van der Waals surface area contributed by atoms with Gasteiger partial charge in [-0.05, 0) is 19.8 Å².